The number of carbonyl (C=O) groups is 1. The van der Waals surface area contributed by atoms with Crippen molar-refractivity contribution in [1.29, 1.82) is 0 Å². The third kappa shape index (κ3) is 5.98. The molecule has 2 aromatic rings. The molecule has 0 amide bonds. The standard InChI is InChI=1S/C13H11O.C2H4O2.Al.2H2O/c1-11-7-9-13(10-8-11)14-12-5-3-2-4-6-12;1-2(3)4;;;/h2-7,9-10H,1H3;1H3,(H,3,4);;2*1H2/q;;+1;;/p-1. The number of rotatable bonds is 4. The molecule has 0 heterocycles. The highest BCUT2D eigenvalue weighted by molar-refractivity contribution is 6.49. The number of hydrogen-bond donors (Lipinski definition) is 0. The van der Waals surface area contributed by atoms with Crippen LogP contribution >= 0.6 is 0 Å². The molecule has 111 valence electrons. The Bertz CT molecular complexity index is 572. The summed E-state index contributed by atoms with van der Waals surface area (Å²) in [5.74, 6) is 1.30. The van der Waals surface area contributed by atoms with Crippen molar-refractivity contribution in [3.05, 3.63) is 54.1 Å². The third-order valence-corrected chi connectivity index (χ3v) is 3.91. The lowest BCUT2D eigenvalue weighted by atomic mass is 10.2. The Morgan fingerprint density at radius 1 is 1.00 bits per heavy atom. The highest BCUT2D eigenvalue weighted by Gasteiger charge is 2.09. The normalized spacial score (nSPS) is 8.86. The molecule has 21 heavy (non-hydrogen) atoms. The molecule has 2 rings (SSSR count). The topological polar surface area (TPSA) is 98.5 Å². The van der Waals surface area contributed by atoms with Crippen molar-refractivity contribution in [2.75, 3.05) is 0 Å². The zero-order valence-electron chi connectivity index (χ0n) is 11.9. The minimum absolute atomic E-state index is 0. The largest absolute Gasteiger partial charge is 0.618 e. The molecule has 1 radical (unpaired) electrons. The maximum Gasteiger partial charge on any atom is 0.572 e. The summed E-state index contributed by atoms with van der Waals surface area (Å²) in [5.41, 5.74) is 1.11. The van der Waals surface area contributed by atoms with Crippen molar-refractivity contribution in [3.63, 3.8) is 0 Å². The Balaban J connectivity index is 0.00000200. The predicted molar refractivity (Wildman–Crippen MR) is 82.1 cm³/mol. The van der Waals surface area contributed by atoms with Crippen LogP contribution in [0, 0.1) is 6.92 Å². The van der Waals surface area contributed by atoms with Crippen molar-refractivity contribution in [2.24, 2.45) is 0 Å². The van der Waals surface area contributed by atoms with Crippen molar-refractivity contribution in [1.82, 2.24) is 0 Å². The number of benzene rings is 2. The average molecular weight is 305 g/mol. The highest BCUT2D eigenvalue weighted by Crippen LogP contribution is 2.20. The summed E-state index contributed by atoms with van der Waals surface area (Å²) in [6.07, 6.45) is 0. The fourth-order valence-electron chi connectivity index (χ4n) is 1.58. The number of carbonyl (C=O) groups excluding carboxylic acids is 1. The third-order valence-electron chi connectivity index (χ3n) is 2.58. The van der Waals surface area contributed by atoms with Crippen LogP contribution in [0.2, 0.25) is 0 Å². The Hall–Kier alpha value is -1.84. The fourth-order valence-corrected chi connectivity index (χ4v) is 2.39. The molecule has 0 saturated carbocycles. The second-order valence-corrected chi connectivity index (χ2v) is 5.25. The quantitative estimate of drug-likeness (QED) is 0.786. The van der Waals surface area contributed by atoms with Gasteiger partial charge in [0.1, 0.15) is 11.5 Å². The molecule has 0 aliphatic heterocycles. The van der Waals surface area contributed by atoms with Gasteiger partial charge >= 0.3 is 15.6 Å². The Morgan fingerprint density at radius 3 is 2.29 bits per heavy atom. The molecule has 0 aliphatic rings. The summed E-state index contributed by atoms with van der Waals surface area (Å²) < 4.78 is 11.9. The Morgan fingerprint density at radius 2 is 1.67 bits per heavy atom. The predicted octanol–water partition coefficient (Wildman–Crippen LogP) is 0.946. The van der Waals surface area contributed by atoms with Gasteiger partial charge in [0.05, 0.1) is 0 Å². The van der Waals surface area contributed by atoms with E-state index in [0.717, 1.165) is 21.5 Å². The van der Waals surface area contributed by atoms with Crippen molar-refractivity contribution < 1.29 is 24.3 Å². The van der Waals surface area contributed by atoms with Gasteiger partial charge in [0.2, 0.25) is 0 Å². The molecule has 4 N–H and O–H groups in total. The van der Waals surface area contributed by atoms with Crippen LogP contribution in [-0.2, 0) is 8.58 Å². The highest BCUT2D eigenvalue weighted by atomic mass is 27.1. The first-order valence-electron chi connectivity index (χ1n) is 5.99. The van der Waals surface area contributed by atoms with E-state index in [-0.39, 0.29) is 16.9 Å². The molecule has 0 spiro atoms. The fraction of sp³-hybridized carbons (Fsp3) is 0.133. The monoisotopic (exact) mass is 305 g/mol. The van der Waals surface area contributed by atoms with E-state index in [9.17, 15) is 4.79 Å². The number of aryl methyl sites for hydroxylation is 1. The molecule has 5 nitrogen and oxygen atoms in total. The SMILES string of the molecule is CC(=O)[O][Al][c]1cc(Oc2ccccc2)ccc1C.O.O. The molecule has 0 unspecified atom stereocenters. The van der Waals surface area contributed by atoms with Crippen LogP contribution < -0.4 is 9.16 Å². The molecule has 0 fully saturated rings. The van der Waals surface area contributed by atoms with Gasteiger partial charge in [-0.05, 0) is 31.2 Å². The molecular formula is C15H18AlO5. The maximum atomic E-state index is 10.9. The second kappa shape index (κ2) is 9.16. The smallest absolute Gasteiger partial charge is 0.572 e. The van der Waals surface area contributed by atoms with Crippen molar-refractivity contribution >= 4 is 25.9 Å². The van der Waals surface area contributed by atoms with Crippen LogP contribution in [0.15, 0.2) is 48.5 Å². The summed E-state index contributed by atoms with van der Waals surface area (Å²) in [6, 6.07) is 15.4. The lowest BCUT2D eigenvalue weighted by Gasteiger charge is -2.09. The molecule has 0 aromatic heterocycles. The zero-order chi connectivity index (χ0) is 13.7. The lowest BCUT2D eigenvalue weighted by molar-refractivity contribution is -0.131. The van der Waals surface area contributed by atoms with Gasteiger partial charge < -0.3 is 19.5 Å². The zero-order valence-corrected chi connectivity index (χ0v) is 13.1. The minimum atomic E-state index is -0.508. The van der Waals surface area contributed by atoms with Gasteiger partial charge in [-0.3, -0.25) is 4.79 Å². The van der Waals surface area contributed by atoms with Gasteiger partial charge in [0.15, 0.2) is 0 Å². The molecule has 0 bridgehead atoms. The molecular weight excluding hydrogens is 287 g/mol. The van der Waals surface area contributed by atoms with Gasteiger partial charge in [-0.1, -0.05) is 34.3 Å². The van der Waals surface area contributed by atoms with E-state index in [2.05, 4.69) is 0 Å². The van der Waals surface area contributed by atoms with Crippen LogP contribution in [0.25, 0.3) is 0 Å². The molecule has 0 atom stereocenters. The Labute approximate surface area is 130 Å². The van der Waals surface area contributed by atoms with Gasteiger partial charge in [-0.2, -0.15) is 0 Å². The van der Waals surface area contributed by atoms with E-state index in [1.165, 1.54) is 6.92 Å². The van der Waals surface area contributed by atoms with Crippen LogP contribution in [-0.4, -0.2) is 32.5 Å². The van der Waals surface area contributed by atoms with E-state index in [1.54, 1.807) is 0 Å². The Kier molecular flexibility index (Phi) is 8.36. The molecule has 0 aliphatic carbocycles. The number of para-hydroxylation sites is 1. The summed E-state index contributed by atoms with van der Waals surface area (Å²) in [7, 11) is 0. The van der Waals surface area contributed by atoms with Crippen LogP contribution in [0.1, 0.15) is 12.5 Å². The van der Waals surface area contributed by atoms with E-state index < -0.39 is 15.6 Å². The first kappa shape index (κ1) is 19.2. The first-order valence-corrected chi connectivity index (χ1v) is 7.04. The minimum Gasteiger partial charge on any atom is -0.618 e. The van der Waals surface area contributed by atoms with Crippen LogP contribution in [0.4, 0.5) is 0 Å². The van der Waals surface area contributed by atoms with E-state index >= 15 is 0 Å². The van der Waals surface area contributed by atoms with Gasteiger partial charge in [-0.25, -0.2) is 0 Å². The van der Waals surface area contributed by atoms with Crippen LogP contribution in [0.3, 0.4) is 0 Å². The maximum absolute atomic E-state index is 10.9. The van der Waals surface area contributed by atoms with E-state index in [1.807, 2.05) is 55.5 Å². The van der Waals surface area contributed by atoms with Gasteiger partial charge in [0.25, 0.3) is 5.97 Å². The average Bonchev–Trinajstić information content (AvgIpc) is 2.40. The number of hydrogen-bond acceptors (Lipinski definition) is 3. The molecule has 0 saturated heterocycles. The van der Waals surface area contributed by atoms with Crippen LogP contribution in [0.5, 0.6) is 11.5 Å². The van der Waals surface area contributed by atoms with Gasteiger partial charge in [-0.15, -0.1) is 0 Å². The summed E-state index contributed by atoms with van der Waals surface area (Å²) in [5, 5.41) is 0. The van der Waals surface area contributed by atoms with E-state index in [0.29, 0.717) is 0 Å². The van der Waals surface area contributed by atoms with Crippen molar-refractivity contribution in [2.45, 2.75) is 13.8 Å². The summed E-state index contributed by atoms with van der Waals surface area (Å²) >= 11 is -0.508. The number of ether oxygens (including phenoxy) is 1. The molecule has 6 heteroatoms. The van der Waals surface area contributed by atoms with E-state index in [4.69, 9.17) is 8.53 Å². The summed E-state index contributed by atoms with van der Waals surface area (Å²) in [6.45, 7) is 3.42. The van der Waals surface area contributed by atoms with Gasteiger partial charge in [0, 0.05) is 6.92 Å². The summed E-state index contributed by atoms with van der Waals surface area (Å²) in [4.78, 5) is 10.9. The first-order chi connectivity index (χ1) is 9.15. The lowest BCUT2D eigenvalue weighted by Crippen LogP contribution is -2.22. The molecule has 2 aromatic carbocycles. The second-order valence-electron chi connectivity index (χ2n) is 4.16. The van der Waals surface area contributed by atoms with Crippen molar-refractivity contribution in [3.8, 4) is 11.5 Å².